The van der Waals surface area contributed by atoms with Crippen molar-refractivity contribution in [3.05, 3.63) is 35.9 Å². The van der Waals surface area contributed by atoms with Crippen LogP contribution in [0.15, 0.2) is 30.3 Å². The highest BCUT2D eigenvalue weighted by Gasteiger charge is 2.49. The molecular weight excluding hydrogens is 458 g/mol. The van der Waals surface area contributed by atoms with Crippen LogP contribution in [-0.2, 0) is 44.3 Å². The second-order valence-electron chi connectivity index (χ2n) is 9.80. The van der Waals surface area contributed by atoms with Crippen molar-refractivity contribution in [1.29, 1.82) is 0 Å². The lowest BCUT2D eigenvalue weighted by atomic mass is 10.0. The van der Waals surface area contributed by atoms with Crippen LogP contribution in [0.5, 0.6) is 0 Å². The number of ether oxygens (including phenoxy) is 4. The molecule has 9 nitrogen and oxygen atoms in total. The van der Waals surface area contributed by atoms with Crippen molar-refractivity contribution in [3.8, 4) is 0 Å². The van der Waals surface area contributed by atoms with Gasteiger partial charge < -0.3 is 23.4 Å². The minimum Gasteiger partial charge on any atom is -0.468 e. The first-order valence-electron chi connectivity index (χ1n) is 11.4. The summed E-state index contributed by atoms with van der Waals surface area (Å²) in [7, 11) is 0.340. The molecule has 1 aromatic rings. The van der Waals surface area contributed by atoms with Gasteiger partial charge in [0.1, 0.15) is 6.10 Å². The first-order valence-corrected chi connectivity index (χ1v) is 14.3. The lowest BCUT2D eigenvalue weighted by Crippen LogP contribution is -2.61. The monoisotopic (exact) mass is 497 g/mol. The van der Waals surface area contributed by atoms with Gasteiger partial charge in [0.25, 0.3) is 0 Å². The molecule has 1 saturated heterocycles. The van der Waals surface area contributed by atoms with Crippen molar-refractivity contribution in [1.82, 2.24) is 5.06 Å². The van der Waals surface area contributed by atoms with E-state index in [1.165, 1.54) is 19.3 Å². The quantitative estimate of drug-likeness (QED) is 0.274. The average molecular weight is 498 g/mol. The topological polar surface area (TPSA) is 92.8 Å². The number of hydrogen-bond donors (Lipinski definition) is 0. The fourth-order valence-electron chi connectivity index (χ4n) is 3.33. The zero-order chi connectivity index (χ0) is 25.5. The van der Waals surface area contributed by atoms with Crippen LogP contribution >= 0.6 is 0 Å². The van der Waals surface area contributed by atoms with E-state index < -0.39 is 44.8 Å². The Kier molecular flexibility index (Phi) is 10.2. The van der Waals surface area contributed by atoms with Gasteiger partial charge in [-0.1, -0.05) is 51.1 Å². The summed E-state index contributed by atoms with van der Waals surface area (Å²) in [5, 5.41) is 1.36. The predicted molar refractivity (Wildman–Crippen MR) is 128 cm³/mol. The molecule has 0 aromatic heterocycles. The lowest BCUT2D eigenvalue weighted by Gasteiger charge is -2.46. The van der Waals surface area contributed by atoms with E-state index >= 15 is 0 Å². The van der Waals surface area contributed by atoms with Crippen LogP contribution in [0.3, 0.4) is 0 Å². The summed E-state index contributed by atoms with van der Waals surface area (Å²) in [5.41, 5.74) is 0.878. The van der Waals surface area contributed by atoms with E-state index in [1.807, 2.05) is 30.3 Å². The fourth-order valence-corrected chi connectivity index (χ4v) is 4.64. The number of hydrogen-bond acceptors (Lipinski definition) is 9. The third kappa shape index (κ3) is 7.59. The van der Waals surface area contributed by atoms with Crippen molar-refractivity contribution < 1.29 is 37.8 Å². The third-order valence-electron chi connectivity index (χ3n) is 6.28. The second-order valence-corrected chi connectivity index (χ2v) is 14.6. The molecule has 2 rings (SSSR count). The molecule has 1 fully saturated rings. The van der Waals surface area contributed by atoms with Crippen molar-refractivity contribution in [2.45, 2.75) is 76.9 Å². The normalized spacial score (nSPS) is 22.3. The molecule has 0 bridgehead atoms. The second kappa shape index (κ2) is 12.2. The van der Waals surface area contributed by atoms with Gasteiger partial charge in [-0.25, -0.2) is 4.79 Å². The van der Waals surface area contributed by atoms with Gasteiger partial charge >= 0.3 is 11.9 Å². The summed E-state index contributed by atoms with van der Waals surface area (Å²) in [4.78, 5) is 30.8. The van der Waals surface area contributed by atoms with Crippen LogP contribution in [0.4, 0.5) is 0 Å². The zero-order valence-corrected chi connectivity index (χ0v) is 22.5. The zero-order valence-electron chi connectivity index (χ0n) is 21.5. The molecular formula is C24H39NO8Si. The van der Waals surface area contributed by atoms with E-state index in [9.17, 15) is 9.59 Å². The molecule has 0 unspecified atom stereocenters. The molecule has 0 radical (unpaired) electrons. The average Bonchev–Trinajstić information content (AvgIpc) is 2.78. The highest BCUT2D eigenvalue weighted by molar-refractivity contribution is 6.74. The molecule has 0 aliphatic carbocycles. The van der Waals surface area contributed by atoms with Gasteiger partial charge in [0.15, 0.2) is 27.3 Å². The lowest BCUT2D eigenvalue weighted by molar-refractivity contribution is -0.286. The molecule has 34 heavy (non-hydrogen) atoms. The van der Waals surface area contributed by atoms with Crippen LogP contribution in [0.25, 0.3) is 0 Å². The number of methoxy groups -OCH3 is 2. The number of carbonyl (C=O) groups is 2. The molecule has 1 heterocycles. The molecule has 4 atom stereocenters. The Morgan fingerprint density at radius 2 is 1.79 bits per heavy atom. The Labute approximate surface area is 203 Å². The molecule has 0 saturated carbocycles. The standard InChI is InChI=1S/C24H39NO8Si/c1-17-30-15-19(33-34(7,8)24(2,3)4)22(32-17)21(23(27)29-6)25(31-16-20(26)28-5)14-18-12-10-9-11-13-18/h9-13,17,19,21-22H,14-16H2,1-8H3/t17-,19-,21+,22+/m1/s1. The van der Waals surface area contributed by atoms with Crippen molar-refractivity contribution in [3.63, 3.8) is 0 Å². The first kappa shape index (κ1) is 28.4. The smallest absolute Gasteiger partial charge is 0.333 e. The molecule has 1 aromatic carbocycles. The highest BCUT2D eigenvalue weighted by atomic mass is 28.4. The van der Waals surface area contributed by atoms with E-state index in [0.717, 1.165) is 5.56 Å². The van der Waals surface area contributed by atoms with Gasteiger partial charge in [-0.05, 0) is 30.6 Å². The molecule has 1 aliphatic heterocycles. The Morgan fingerprint density at radius 3 is 2.35 bits per heavy atom. The number of carbonyl (C=O) groups excluding carboxylic acids is 2. The SMILES string of the molecule is COC(=O)CON(Cc1ccccc1)[C@H](C(=O)OC)[C@H]1O[C@H](C)OC[C@H]1O[Si](C)(C)C(C)(C)C. The predicted octanol–water partition coefficient (Wildman–Crippen LogP) is 3.29. The molecule has 192 valence electrons. The number of nitrogens with zero attached hydrogens (tertiary/aromatic N) is 1. The van der Waals surface area contributed by atoms with Crippen LogP contribution in [0, 0.1) is 0 Å². The Bertz CT molecular complexity index is 798. The van der Waals surface area contributed by atoms with Crippen molar-refractivity contribution in [2.75, 3.05) is 27.4 Å². The van der Waals surface area contributed by atoms with Crippen LogP contribution in [0.1, 0.15) is 33.3 Å². The Hall–Kier alpha value is -1.82. The maximum absolute atomic E-state index is 13.1. The third-order valence-corrected chi connectivity index (χ3v) is 10.8. The summed E-state index contributed by atoms with van der Waals surface area (Å²) in [5.74, 6) is -1.14. The first-order chi connectivity index (χ1) is 15.9. The number of hydroxylamine groups is 2. The number of esters is 2. The van der Waals surface area contributed by atoms with Crippen LogP contribution in [0.2, 0.25) is 18.1 Å². The summed E-state index contributed by atoms with van der Waals surface area (Å²) in [6, 6.07) is 8.46. The highest BCUT2D eigenvalue weighted by Crippen LogP contribution is 2.39. The van der Waals surface area contributed by atoms with Crippen molar-refractivity contribution in [2.24, 2.45) is 0 Å². The summed E-state index contributed by atoms with van der Waals surface area (Å²) >= 11 is 0. The molecule has 0 N–H and O–H groups in total. The van der Waals surface area contributed by atoms with Gasteiger partial charge in [0.2, 0.25) is 0 Å². The number of benzene rings is 1. The van der Waals surface area contributed by atoms with Gasteiger partial charge in [0.05, 0.1) is 33.5 Å². The molecule has 0 amide bonds. The van der Waals surface area contributed by atoms with E-state index in [4.69, 9.17) is 28.2 Å². The Morgan fingerprint density at radius 1 is 1.15 bits per heavy atom. The maximum atomic E-state index is 13.1. The number of rotatable bonds is 10. The minimum atomic E-state index is -2.24. The largest absolute Gasteiger partial charge is 0.468 e. The maximum Gasteiger partial charge on any atom is 0.333 e. The fraction of sp³-hybridized carbons (Fsp3) is 0.667. The van der Waals surface area contributed by atoms with Crippen LogP contribution < -0.4 is 0 Å². The van der Waals surface area contributed by atoms with Gasteiger partial charge in [-0.2, -0.15) is 5.06 Å². The van der Waals surface area contributed by atoms with Gasteiger partial charge in [0, 0.05) is 0 Å². The molecule has 1 aliphatic rings. The minimum absolute atomic E-state index is 0.0630. The van der Waals surface area contributed by atoms with Crippen LogP contribution in [-0.4, -0.2) is 77.3 Å². The van der Waals surface area contributed by atoms with E-state index in [-0.39, 0.29) is 24.8 Å². The van der Waals surface area contributed by atoms with E-state index in [1.54, 1.807) is 6.92 Å². The van der Waals surface area contributed by atoms with E-state index in [0.29, 0.717) is 0 Å². The Balaban J connectivity index is 2.44. The summed E-state index contributed by atoms with van der Waals surface area (Å²) in [6.07, 6.45) is -1.86. The van der Waals surface area contributed by atoms with Gasteiger partial charge in [-0.15, -0.1) is 0 Å². The summed E-state index contributed by atoms with van der Waals surface area (Å²) in [6.45, 7) is 12.5. The molecule has 0 spiro atoms. The summed E-state index contributed by atoms with van der Waals surface area (Å²) < 4.78 is 28.4. The van der Waals surface area contributed by atoms with Gasteiger partial charge in [-0.3, -0.25) is 9.63 Å². The van der Waals surface area contributed by atoms with E-state index in [2.05, 4.69) is 33.9 Å². The van der Waals surface area contributed by atoms with Crippen molar-refractivity contribution >= 4 is 20.3 Å². The molecule has 10 heteroatoms.